The molecule has 4 nitrogen and oxygen atoms in total. The van der Waals surface area contributed by atoms with Crippen LogP contribution in [0.1, 0.15) is 19.8 Å². The van der Waals surface area contributed by atoms with Gasteiger partial charge in [0, 0.05) is 13.1 Å². The van der Waals surface area contributed by atoms with Crippen LogP contribution in [0.5, 0.6) is 0 Å². The largest absolute Gasteiger partial charge is 0.371 e. The van der Waals surface area contributed by atoms with Gasteiger partial charge in [0.15, 0.2) is 9.84 Å². The van der Waals surface area contributed by atoms with Gasteiger partial charge in [-0.25, -0.2) is 8.42 Å². The lowest BCUT2D eigenvalue weighted by molar-refractivity contribution is 0.0303. The summed E-state index contributed by atoms with van der Waals surface area (Å²) in [4.78, 5) is 2.63. The maximum absolute atomic E-state index is 12.2. The highest BCUT2D eigenvalue weighted by Gasteiger charge is 2.35. The number of hydrogen-bond donors (Lipinski definition) is 0. The lowest BCUT2D eigenvalue weighted by Crippen LogP contribution is -2.43. The summed E-state index contributed by atoms with van der Waals surface area (Å²) in [6, 6.07) is 7.32. The molecule has 2 atom stereocenters. The summed E-state index contributed by atoms with van der Waals surface area (Å²) in [5, 5.41) is 0. The van der Waals surface area contributed by atoms with Crippen LogP contribution < -0.4 is 4.90 Å². The molecule has 19 heavy (non-hydrogen) atoms. The molecule has 0 N–H and O–H groups in total. The van der Waals surface area contributed by atoms with E-state index in [1.807, 2.05) is 12.1 Å². The van der Waals surface area contributed by atoms with Gasteiger partial charge >= 0.3 is 0 Å². The highest BCUT2D eigenvalue weighted by atomic mass is 32.2. The Labute approximate surface area is 114 Å². The Kier molecular flexibility index (Phi) is 3.27. The fourth-order valence-electron chi connectivity index (χ4n) is 2.95. The fraction of sp³-hybridized carbons (Fsp3) is 0.571. The molecule has 2 aliphatic heterocycles. The zero-order valence-corrected chi connectivity index (χ0v) is 11.9. The number of nitrogens with zero attached hydrogens (tertiary/aromatic N) is 1. The Morgan fingerprint density at radius 2 is 1.84 bits per heavy atom. The summed E-state index contributed by atoms with van der Waals surface area (Å²) in [5.41, 5.74) is 0.838. The van der Waals surface area contributed by atoms with Crippen molar-refractivity contribution in [1.29, 1.82) is 0 Å². The van der Waals surface area contributed by atoms with Gasteiger partial charge in [-0.1, -0.05) is 19.1 Å². The Morgan fingerprint density at radius 1 is 1.21 bits per heavy atom. The molecule has 0 saturated carbocycles. The molecule has 2 saturated heterocycles. The number of ether oxygens (including phenoxy) is 1. The topological polar surface area (TPSA) is 46.6 Å². The van der Waals surface area contributed by atoms with Crippen LogP contribution in [0.3, 0.4) is 0 Å². The van der Waals surface area contributed by atoms with Crippen LogP contribution >= 0.6 is 0 Å². The molecule has 2 bridgehead atoms. The fourth-order valence-corrected chi connectivity index (χ4v) is 4.06. The van der Waals surface area contributed by atoms with E-state index in [1.54, 1.807) is 19.1 Å². The van der Waals surface area contributed by atoms with E-state index in [0.717, 1.165) is 31.6 Å². The molecular weight excluding hydrogens is 262 g/mol. The smallest absolute Gasteiger partial charge is 0.180 e. The molecule has 0 amide bonds. The van der Waals surface area contributed by atoms with E-state index >= 15 is 0 Å². The summed E-state index contributed by atoms with van der Waals surface area (Å²) >= 11 is 0. The van der Waals surface area contributed by atoms with E-state index in [2.05, 4.69) is 4.90 Å². The molecule has 3 rings (SSSR count). The van der Waals surface area contributed by atoms with Crippen LogP contribution in [0.2, 0.25) is 0 Å². The van der Waals surface area contributed by atoms with Crippen molar-refractivity contribution in [3.05, 3.63) is 24.3 Å². The predicted octanol–water partition coefficient (Wildman–Crippen LogP) is 1.85. The second kappa shape index (κ2) is 4.80. The van der Waals surface area contributed by atoms with Gasteiger partial charge in [-0.3, -0.25) is 0 Å². The molecule has 2 unspecified atom stereocenters. The minimum Gasteiger partial charge on any atom is -0.371 e. The SMILES string of the molecule is CCS(=O)(=O)c1ccccc1N1CC2CCC(C1)O2. The van der Waals surface area contributed by atoms with Crippen molar-refractivity contribution >= 4 is 15.5 Å². The van der Waals surface area contributed by atoms with Crippen molar-refractivity contribution in [2.45, 2.75) is 36.9 Å². The molecule has 0 radical (unpaired) electrons. The Bertz CT molecular complexity index is 558. The van der Waals surface area contributed by atoms with Gasteiger partial charge in [0.2, 0.25) is 0 Å². The van der Waals surface area contributed by atoms with E-state index in [4.69, 9.17) is 4.74 Å². The van der Waals surface area contributed by atoms with Gasteiger partial charge in [-0.05, 0) is 25.0 Å². The number of hydrogen-bond acceptors (Lipinski definition) is 4. The third-order valence-electron chi connectivity index (χ3n) is 3.96. The first-order chi connectivity index (χ1) is 9.10. The van der Waals surface area contributed by atoms with Crippen LogP contribution in [-0.2, 0) is 14.6 Å². The van der Waals surface area contributed by atoms with Crippen molar-refractivity contribution in [2.24, 2.45) is 0 Å². The summed E-state index contributed by atoms with van der Waals surface area (Å²) < 4.78 is 30.2. The predicted molar refractivity (Wildman–Crippen MR) is 74.3 cm³/mol. The van der Waals surface area contributed by atoms with Crippen LogP contribution in [0.15, 0.2) is 29.2 Å². The van der Waals surface area contributed by atoms with Crippen LogP contribution in [0.25, 0.3) is 0 Å². The highest BCUT2D eigenvalue weighted by Crippen LogP contribution is 2.33. The number of fused-ring (bicyclic) bond motifs is 2. The second-order valence-corrected chi connectivity index (χ2v) is 7.48. The normalized spacial score (nSPS) is 26.7. The maximum atomic E-state index is 12.2. The standard InChI is InChI=1S/C14H19NO3S/c1-2-19(16,17)14-6-4-3-5-13(14)15-9-11-7-8-12(10-15)18-11/h3-6,11-12H,2,7-10H2,1H3. The summed E-state index contributed by atoms with van der Waals surface area (Å²) in [6.07, 6.45) is 2.69. The monoisotopic (exact) mass is 281 g/mol. The molecule has 104 valence electrons. The van der Waals surface area contributed by atoms with Crippen molar-refractivity contribution in [3.8, 4) is 0 Å². The van der Waals surface area contributed by atoms with Gasteiger partial charge in [-0.2, -0.15) is 0 Å². The van der Waals surface area contributed by atoms with Gasteiger partial charge in [0.1, 0.15) is 0 Å². The molecule has 0 aromatic heterocycles. The molecule has 0 spiro atoms. The molecule has 1 aromatic rings. The number of rotatable bonds is 3. The van der Waals surface area contributed by atoms with Crippen LogP contribution in [-0.4, -0.2) is 39.5 Å². The van der Waals surface area contributed by atoms with E-state index in [-0.39, 0.29) is 18.0 Å². The Morgan fingerprint density at radius 3 is 2.47 bits per heavy atom. The minimum absolute atomic E-state index is 0.140. The molecule has 0 aliphatic carbocycles. The number of sulfone groups is 1. The van der Waals surface area contributed by atoms with Gasteiger partial charge in [0.05, 0.1) is 28.5 Å². The lowest BCUT2D eigenvalue weighted by atomic mass is 10.2. The zero-order chi connectivity index (χ0) is 13.5. The highest BCUT2D eigenvalue weighted by molar-refractivity contribution is 7.91. The second-order valence-electron chi connectivity index (χ2n) is 5.23. The third kappa shape index (κ3) is 2.37. The summed E-state index contributed by atoms with van der Waals surface area (Å²) in [6.45, 7) is 3.29. The average Bonchev–Trinajstić information content (AvgIpc) is 2.77. The lowest BCUT2D eigenvalue weighted by Gasteiger charge is -2.34. The molecule has 2 heterocycles. The third-order valence-corrected chi connectivity index (χ3v) is 5.74. The first kappa shape index (κ1) is 12.9. The van der Waals surface area contributed by atoms with Crippen molar-refractivity contribution in [3.63, 3.8) is 0 Å². The van der Waals surface area contributed by atoms with Gasteiger partial charge in [0.25, 0.3) is 0 Å². The minimum atomic E-state index is -3.18. The summed E-state index contributed by atoms with van der Waals surface area (Å²) in [5.74, 6) is 0.140. The molecule has 5 heteroatoms. The number of benzene rings is 1. The summed E-state index contributed by atoms with van der Waals surface area (Å²) in [7, 11) is -3.18. The van der Waals surface area contributed by atoms with Crippen molar-refractivity contribution < 1.29 is 13.2 Å². The van der Waals surface area contributed by atoms with Gasteiger partial charge in [-0.15, -0.1) is 0 Å². The number of anilines is 1. The molecule has 1 aromatic carbocycles. The van der Waals surface area contributed by atoms with Gasteiger partial charge < -0.3 is 9.64 Å². The van der Waals surface area contributed by atoms with Crippen LogP contribution in [0.4, 0.5) is 5.69 Å². The van der Waals surface area contributed by atoms with Crippen LogP contribution in [0, 0.1) is 0 Å². The first-order valence-corrected chi connectivity index (χ1v) is 8.47. The first-order valence-electron chi connectivity index (χ1n) is 6.82. The quantitative estimate of drug-likeness (QED) is 0.848. The average molecular weight is 281 g/mol. The molecular formula is C14H19NO3S. The number of para-hydroxylation sites is 1. The zero-order valence-electron chi connectivity index (χ0n) is 11.1. The Hall–Kier alpha value is -1.07. The Balaban J connectivity index is 1.97. The number of morpholine rings is 1. The van der Waals surface area contributed by atoms with E-state index in [1.165, 1.54) is 0 Å². The van der Waals surface area contributed by atoms with Crippen molar-refractivity contribution in [1.82, 2.24) is 0 Å². The van der Waals surface area contributed by atoms with Crippen molar-refractivity contribution in [2.75, 3.05) is 23.7 Å². The van der Waals surface area contributed by atoms with E-state index in [0.29, 0.717) is 4.90 Å². The maximum Gasteiger partial charge on any atom is 0.180 e. The molecule has 2 fully saturated rings. The molecule has 2 aliphatic rings. The van der Waals surface area contributed by atoms with E-state index < -0.39 is 9.84 Å². The van der Waals surface area contributed by atoms with E-state index in [9.17, 15) is 8.42 Å².